The molecule has 2 aromatic carbocycles. The Morgan fingerprint density at radius 3 is 2.41 bits per heavy atom. The number of carbonyl (C=O) groups excluding carboxylic acids is 2. The van der Waals surface area contributed by atoms with Crippen molar-refractivity contribution in [3.63, 3.8) is 0 Å². The van der Waals surface area contributed by atoms with E-state index in [9.17, 15) is 14.4 Å². The summed E-state index contributed by atoms with van der Waals surface area (Å²) < 4.78 is 4.94. The van der Waals surface area contributed by atoms with Crippen molar-refractivity contribution >= 4 is 29.6 Å². The number of hydrogen-bond acceptors (Lipinski definition) is 4. The maximum Gasteiger partial charge on any atom is 0.337 e. The molecular formula is C21H19ClN2O5. The van der Waals surface area contributed by atoms with Crippen LogP contribution in [0.3, 0.4) is 0 Å². The average molecular weight is 415 g/mol. The number of rotatable bonds is 5. The van der Waals surface area contributed by atoms with Crippen molar-refractivity contribution in [1.82, 2.24) is 10.2 Å². The number of hydrogen-bond donors (Lipinski definition) is 2. The summed E-state index contributed by atoms with van der Waals surface area (Å²) in [4.78, 5) is 37.8. The normalized spacial score (nSPS) is 16.4. The molecule has 29 heavy (non-hydrogen) atoms. The fraction of sp³-hybridized carbons (Fsp3) is 0.190. The highest BCUT2D eigenvalue weighted by Crippen LogP contribution is 2.35. The third kappa shape index (κ3) is 4.09. The molecule has 3 rings (SSSR count). The van der Waals surface area contributed by atoms with Crippen molar-refractivity contribution in [2.45, 2.75) is 19.5 Å². The molecule has 150 valence electrons. The van der Waals surface area contributed by atoms with Gasteiger partial charge >= 0.3 is 18.0 Å². The molecule has 2 amide bonds. The zero-order valence-electron chi connectivity index (χ0n) is 15.8. The van der Waals surface area contributed by atoms with Crippen LogP contribution >= 0.6 is 11.6 Å². The Kier molecular flexibility index (Phi) is 5.89. The summed E-state index contributed by atoms with van der Waals surface area (Å²) in [5.74, 6) is -1.60. The van der Waals surface area contributed by atoms with Crippen LogP contribution in [0, 0.1) is 0 Å². The second-order valence-electron chi connectivity index (χ2n) is 6.48. The van der Waals surface area contributed by atoms with Crippen LogP contribution < -0.4 is 5.32 Å². The van der Waals surface area contributed by atoms with Crippen LogP contribution in [-0.4, -0.2) is 35.1 Å². The Balaban J connectivity index is 2.00. The Bertz CT molecular complexity index is 1000. The zero-order chi connectivity index (χ0) is 21.1. The van der Waals surface area contributed by atoms with Crippen molar-refractivity contribution in [1.29, 1.82) is 0 Å². The minimum absolute atomic E-state index is 0.151. The van der Waals surface area contributed by atoms with Crippen LogP contribution in [0.1, 0.15) is 34.5 Å². The summed E-state index contributed by atoms with van der Waals surface area (Å²) in [6.07, 6.45) is 0. The van der Waals surface area contributed by atoms with E-state index in [0.717, 1.165) is 0 Å². The molecule has 8 heteroatoms. The topological polar surface area (TPSA) is 95.9 Å². The molecule has 2 aromatic rings. The van der Waals surface area contributed by atoms with E-state index in [1.54, 1.807) is 43.3 Å². The quantitative estimate of drug-likeness (QED) is 0.726. The lowest BCUT2D eigenvalue weighted by molar-refractivity contribution is -0.136. The molecule has 0 saturated heterocycles. The van der Waals surface area contributed by atoms with E-state index in [1.807, 2.05) is 0 Å². The lowest BCUT2D eigenvalue weighted by Gasteiger charge is -2.35. The SMILES string of the molecule is COC(=O)C1=C(C)N(Cc2ccc(C(=O)O)cc2)C(=O)NC1c1ccccc1Cl. The summed E-state index contributed by atoms with van der Waals surface area (Å²) in [6.45, 7) is 1.83. The Hall–Kier alpha value is -3.32. The first kappa shape index (κ1) is 20.4. The molecule has 0 fully saturated rings. The molecule has 2 N–H and O–H groups in total. The number of urea groups is 1. The molecular weight excluding hydrogens is 396 g/mol. The lowest BCUT2D eigenvalue weighted by Crippen LogP contribution is -2.47. The van der Waals surface area contributed by atoms with Crippen LogP contribution in [0.2, 0.25) is 5.02 Å². The number of aromatic carboxylic acids is 1. The van der Waals surface area contributed by atoms with Crippen LogP contribution in [-0.2, 0) is 16.1 Å². The third-order valence-electron chi connectivity index (χ3n) is 4.76. The van der Waals surface area contributed by atoms with Gasteiger partial charge in [0.25, 0.3) is 0 Å². The number of esters is 1. The van der Waals surface area contributed by atoms with Gasteiger partial charge in [-0.15, -0.1) is 0 Å². The molecule has 7 nitrogen and oxygen atoms in total. The Labute approximate surface area is 172 Å². The number of nitrogens with one attached hydrogen (secondary N) is 1. The molecule has 1 atom stereocenters. The summed E-state index contributed by atoms with van der Waals surface area (Å²) in [6, 6.07) is 12.0. The van der Waals surface area contributed by atoms with Gasteiger partial charge in [0.05, 0.1) is 30.8 Å². The van der Waals surface area contributed by atoms with Crippen LogP contribution in [0.4, 0.5) is 4.79 Å². The summed E-state index contributed by atoms with van der Waals surface area (Å²) >= 11 is 6.29. The van der Waals surface area contributed by atoms with Crippen molar-refractivity contribution in [3.8, 4) is 0 Å². The number of methoxy groups -OCH3 is 1. The fourth-order valence-corrected chi connectivity index (χ4v) is 3.47. The molecule has 0 radical (unpaired) electrons. The van der Waals surface area contributed by atoms with Crippen LogP contribution in [0.15, 0.2) is 59.8 Å². The molecule has 1 aliphatic rings. The Morgan fingerprint density at radius 2 is 1.83 bits per heavy atom. The number of benzene rings is 2. The second-order valence-corrected chi connectivity index (χ2v) is 6.89. The van der Waals surface area contributed by atoms with Crippen molar-refractivity contribution < 1.29 is 24.2 Å². The maximum atomic E-state index is 12.8. The highest BCUT2D eigenvalue weighted by molar-refractivity contribution is 6.31. The van der Waals surface area contributed by atoms with E-state index >= 15 is 0 Å². The van der Waals surface area contributed by atoms with Gasteiger partial charge in [-0.1, -0.05) is 41.9 Å². The average Bonchev–Trinajstić information content (AvgIpc) is 2.71. The minimum atomic E-state index is -1.03. The minimum Gasteiger partial charge on any atom is -0.478 e. The maximum absolute atomic E-state index is 12.8. The number of ether oxygens (including phenoxy) is 1. The molecule has 0 bridgehead atoms. The Morgan fingerprint density at radius 1 is 1.17 bits per heavy atom. The lowest BCUT2D eigenvalue weighted by atomic mass is 9.94. The first-order valence-electron chi connectivity index (χ1n) is 8.77. The first-order valence-corrected chi connectivity index (χ1v) is 9.15. The van der Waals surface area contributed by atoms with Crippen molar-refractivity contribution in [3.05, 3.63) is 81.5 Å². The molecule has 0 spiro atoms. The number of allylic oxidation sites excluding steroid dienone is 1. The van der Waals surface area contributed by atoms with Gasteiger partial charge in [-0.2, -0.15) is 0 Å². The summed E-state index contributed by atoms with van der Waals surface area (Å²) in [5, 5.41) is 12.3. The monoisotopic (exact) mass is 414 g/mol. The molecule has 0 aliphatic carbocycles. The largest absolute Gasteiger partial charge is 0.478 e. The van der Waals surface area contributed by atoms with Crippen LogP contribution in [0.25, 0.3) is 0 Å². The standard InChI is InChI=1S/C21H19ClN2O5/c1-12-17(20(27)29-2)18(15-5-3-4-6-16(15)22)23-21(28)24(12)11-13-7-9-14(10-8-13)19(25)26/h3-10,18H,11H2,1-2H3,(H,23,28)(H,25,26). The van der Waals surface area contributed by atoms with E-state index in [1.165, 1.54) is 24.1 Å². The highest BCUT2D eigenvalue weighted by atomic mass is 35.5. The van der Waals surface area contributed by atoms with E-state index in [2.05, 4.69) is 5.32 Å². The number of amides is 2. The number of carboxylic acid groups (broad SMARTS) is 1. The van der Waals surface area contributed by atoms with Gasteiger partial charge < -0.3 is 15.2 Å². The van der Waals surface area contributed by atoms with E-state index in [-0.39, 0.29) is 17.7 Å². The number of halogens is 1. The predicted octanol–water partition coefficient (Wildman–Crippen LogP) is 3.75. The second kappa shape index (κ2) is 8.36. The molecule has 1 unspecified atom stereocenters. The smallest absolute Gasteiger partial charge is 0.337 e. The van der Waals surface area contributed by atoms with Gasteiger partial charge in [0.15, 0.2) is 0 Å². The number of nitrogens with zero attached hydrogens (tertiary/aromatic N) is 1. The molecule has 1 heterocycles. The summed E-state index contributed by atoms with van der Waals surface area (Å²) in [5.41, 5.74) is 2.17. The van der Waals surface area contributed by atoms with Gasteiger partial charge in [-0.3, -0.25) is 4.90 Å². The molecule has 0 aromatic heterocycles. The highest BCUT2D eigenvalue weighted by Gasteiger charge is 2.37. The first-order chi connectivity index (χ1) is 13.8. The van der Waals surface area contributed by atoms with Crippen molar-refractivity contribution in [2.24, 2.45) is 0 Å². The third-order valence-corrected chi connectivity index (χ3v) is 5.10. The van der Waals surface area contributed by atoms with Gasteiger partial charge in [-0.25, -0.2) is 14.4 Å². The fourth-order valence-electron chi connectivity index (χ4n) is 3.22. The van der Waals surface area contributed by atoms with E-state index in [4.69, 9.17) is 21.4 Å². The molecule has 0 saturated carbocycles. The van der Waals surface area contributed by atoms with E-state index in [0.29, 0.717) is 21.8 Å². The predicted molar refractivity (Wildman–Crippen MR) is 106 cm³/mol. The van der Waals surface area contributed by atoms with Crippen LogP contribution in [0.5, 0.6) is 0 Å². The zero-order valence-corrected chi connectivity index (χ0v) is 16.6. The van der Waals surface area contributed by atoms with Crippen molar-refractivity contribution in [2.75, 3.05) is 7.11 Å². The summed E-state index contributed by atoms with van der Waals surface area (Å²) in [7, 11) is 1.28. The van der Waals surface area contributed by atoms with Gasteiger partial charge in [0.2, 0.25) is 0 Å². The van der Waals surface area contributed by atoms with Gasteiger partial charge in [0, 0.05) is 10.7 Å². The van der Waals surface area contributed by atoms with Gasteiger partial charge in [-0.05, 0) is 36.2 Å². The van der Waals surface area contributed by atoms with Gasteiger partial charge in [0.1, 0.15) is 0 Å². The molecule has 1 aliphatic heterocycles. The van der Waals surface area contributed by atoms with E-state index < -0.39 is 24.0 Å². The number of carboxylic acids is 1. The number of carbonyl (C=O) groups is 3.